The topological polar surface area (TPSA) is 39.2 Å². The SMILES string of the molecule is CCCCCCC=C=CCCCCCCCCC(=O)OCc1cccnc1. The van der Waals surface area contributed by atoms with E-state index in [-0.39, 0.29) is 5.97 Å². The summed E-state index contributed by atoms with van der Waals surface area (Å²) in [5.41, 5.74) is 4.24. The van der Waals surface area contributed by atoms with Gasteiger partial charge < -0.3 is 4.74 Å². The van der Waals surface area contributed by atoms with Crippen molar-refractivity contribution in [1.82, 2.24) is 4.98 Å². The van der Waals surface area contributed by atoms with Crippen molar-refractivity contribution in [1.29, 1.82) is 0 Å². The first kappa shape index (κ1) is 23.2. The molecule has 0 aliphatic carbocycles. The fourth-order valence-corrected chi connectivity index (χ4v) is 2.87. The normalized spacial score (nSPS) is 10.3. The van der Waals surface area contributed by atoms with Gasteiger partial charge in [-0.3, -0.25) is 9.78 Å². The Labute approximate surface area is 165 Å². The molecule has 0 radical (unpaired) electrons. The third-order valence-corrected chi connectivity index (χ3v) is 4.54. The lowest BCUT2D eigenvalue weighted by molar-refractivity contribution is -0.145. The number of aromatic nitrogens is 1. The predicted molar refractivity (Wildman–Crippen MR) is 112 cm³/mol. The first-order valence-corrected chi connectivity index (χ1v) is 10.8. The number of unbranched alkanes of at least 4 members (excludes halogenated alkanes) is 10. The van der Waals surface area contributed by atoms with Crippen molar-refractivity contribution in [3.8, 4) is 0 Å². The summed E-state index contributed by atoms with van der Waals surface area (Å²) in [4.78, 5) is 15.7. The number of hydrogen-bond donors (Lipinski definition) is 0. The number of nitrogens with zero attached hydrogens (tertiary/aromatic N) is 1. The molecule has 3 heteroatoms. The Morgan fingerprint density at radius 1 is 1.00 bits per heavy atom. The molecule has 0 saturated heterocycles. The lowest BCUT2D eigenvalue weighted by Gasteiger charge is -2.04. The van der Waals surface area contributed by atoms with E-state index in [1.165, 1.54) is 57.8 Å². The van der Waals surface area contributed by atoms with Crippen LogP contribution in [0.1, 0.15) is 96.0 Å². The monoisotopic (exact) mass is 371 g/mol. The number of esters is 1. The molecule has 0 aliphatic heterocycles. The molecule has 0 unspecified atom stereocenters. The fourth-order valence-electron chi connectivity index (χ4n) is 2.87. The predicted octanol–water partition coefficient (Wildman–Crippen LogP) is 6.93. The second kappa shape index (κ2) is 17.5. The zero-order valence-electron chi connectivity index (χ0n) is 17.1. The first-order chi connectivity index (χ1) is 13.3. The Morgan fingerprint density at radius 2 is 1.67 bits per heavy atom. The largest absolute Gasteiger partial charge is 0.461 e. The van der Waals surface area contributed by atoms with Gasteiger partial charge in [-0.25, -0.2) is 0 Å². The molecule has 0 bridgehead atoms. The van der Waals surface area contributed by atoms with E-state index in [2.05, 4.69) is 29.8 Å². The molecular weight excluding hydrogens is 334 g/mol. The van der Waals surface area contributed by atoms with Gasteiger partial charge in [-0.05, 0) is 50.3 Å². The van der Waals surface area contributed by atoms with Gasteiger partial charge in [0.05, 0.1) is 0 Å². The summed E-state index contributed by atoms with van der Waals surface area (Å²) in [6, 6.07) is 3.77. The van der Waals surface area contributed by atoms with Gasteiger partial charge in [0.1, 0.15) is 6.61 Å². The second-order valence-electron chi connectivity index (χ2n) is 7.11. The van der Waals surface area contributed by atoms with Crippen molar-refractivity contribution in [2.45, 2.75) is 97.0 Å². The number of pyridine rings is 1. The fraction of sp³-hybridized carbons (Fsp3) is 0.625. The molecule has 0 aliphatic rings. The molecule has 0 amide bonds. The maximum atomic E-state index is 11.7. The quantitative estimate of drug-likeness (QED) is 0.180. The van der Waals surface area contributed by atoms with Crippen molar-refractivity contribution in [3.05, 3.63) is 48.0 Å². The molecule has 0 aromatic carbocycles. The van der Waals surface area contributed by atoms with Crippen LogP contribution in [0.25, 0.3) is 0 Å². The van der Waals surface area contributed by atoms with Gasteiger partial charge >= 0.3 is 5.97 Å². The number of hydrogen-bond acceptors (Lipinski definition) is 3. The highest BCUT2D eigenvalue weighted by Crippen LogP contribution is 2.10. The lowest BCUT2D eigenvalue weighted by atomic mass is 10.1. The first-order valence-electron chi connectivity index (χ1n) is 10.8. The molecule has 0 fully saturated rings. The minimum Gasteiger partial charge on any atom is -0.461 e. The zero-order valence-corrected chi connectivity index (χ0v) is 17.1. The standard InChI is InChI=1S/C24H37NO2/c1-2-3-4-5-6-7-8-9-10-11-12-13-14-15-16-19-24(26)27-22-23-18-17-20-25-21-23/h7,9,17-18,20-21H,2-6,10-16,19,22H2,1H3. The van der Waals surface area contributed by atoms with Crippen LogP contribution in [0.2, 0.25) is 0 Å². The summed E-state index contributed by atoms with van der Waals surface area (Å²) in [6.07, 6.45) is 22.9. The summed E-state index contributed by atoms with van der Waals surface area (Å²) < 4.78 is 5.25. The van der Waals surface area contributed by atoms with Crippen LogP contribution in [0.5, 0.6) is 0 Å². The Morgan fingerprint density at radius 3 is 2.33 bits per heavy atom. The van der Waals surface area contributed by atoms with Crippen LogP contribution in [0, 0.1) is 0 Å². The van der Waals surface area contributed by atoms with Gasteiger partial charge in [-0.2, -0.15) is 0 Å². The van der Waals surface area contributed by atoms with E-state index in [0.29, 0.717) is 13.0 Å². The van der Waals surface area contributed by atoms with Crippen molar-refractivity contribution in [3.63, 3.8) is 0 Å². The third kappa shape index (κ3) is 14.9. The third-order valence-electron chi connectivity index (χ3n) is 4.54. The molecule has 0 saturated carbocycles. The molecule has 1 heterocycles. The van der Waals surface area contributed by atoms with E-state index in [4.69, 9.17) is 4.74 Å². The van der Waals surface area contributed by atoms with E-state index in [0.717, 1.165) is 24.8 Å². The van der Waals surface area contributed by atoms with Crippen LogP contribution in [0.3, 0.4) is 0 Å². The van der Waals surface area contributed by atoms with Crippen molar-refractivity contribution in [2.24, 2.45) is 0 Å². The van der Waals surface area contributed by atoms with Crippen LogP contribution in [0.15, 0.2) is 42.4 Å². The average Bonchev–Trinajstić information content (AvgIpc) is 2.70. The summed E-state index contributed by atoms with van der Waals surface area (Å²) in [5.74, 6) is -0.106. The van der Waals surface area contributed by atoms with Gasteiger partial charge in [-0.15, -0.1) is 5.73 Å². The summed E-state index contributed by atoms with van der Waals surface area (Å²) >= 11 is 0. The van der Waals surface area contributed by atoms with E-state index in [1.54, 1.807) is 12.4 Å². The Kier molecular flexibility index (Phi) is 15.1. The van der Waals surface area contributed by atoms with Crippen LogP contribution in [0.4, 0.5) is 0 Å². The van der Waals surface area contributed by atoms with E-state index < -0.39 is 0 Å². The Bertz CT molecular complexity index is 533. The molecule has 1 aromatic rings. The number of ether oxygens (including phenoxy) is 1. The van der Waals surface area contributed by atoms with Gasteiger partial charge in [0.15, 0.2) is 0 Å². The molecule has 3 nitrogen and oxygen atoms in total. The molecule has 1 rings (SSSR count). The molecule has 0 N–H and O–H groups in total. The Hall–Kier alpha value is -1.86. The second-order valence-corrected chi connectivity index (χ2v) is 7.11. The van der Waals surface area contributed by atoms with Crippen LogP contribution < -0.4 is 0 Å². The zero-order chi connectivity index (χ0) is 19.4. The van der Waals surface area contributed by atoms with Crippen molar-refractivity contribution >= 4 is 5.97 Å². The van der Waals surface area contributed by atoms with Crippen LogP contribution in [-0.4, -0.2) is 11.0 Å². The molecule has 150 valence electrons. The highest BCUT2D eigenvalue weighted by molar-refractivity contribution is 5.69. The van der Waals surface area contributed by atoms with Gasteiger partial charge in [0.25, 0.3) is 0 Å². The minimum absolute atomic E-state index is 0.106. The number of carbonyl (C=O) groups is 1. The maximum absolute atomic E-state index is 11.7. The summed E-state index contributed by atoms with van der Waals surface area (Å²) in [5, 5.41) is 0. The van der Waals surface area contributed by atoms with Gasteiger partial charge in [0, 0.05) is 24.4 Å². The average molecular weight is 372 g/mol. The molecule has 0 spiro atoms. The molecule has 27 heavy (non-hydrogen) atoms. The smallest absolute Gasteiger partial charge is 0.306 e. The van der Waals surface area contributed by atoms with Gasteiger partial charge in [0.2, 0.25) is 0 Å². The number of rotatable bonds is 16. The van der Waals surface area contributed by atoms with E-state index >= 15 is 0 Å². The van der Waals surface area contributed by atoms with Crippen molar-refractivity contribution in [2.75, 3.05) is 0 Å². The summed E-state index contributed by atoms with van der Waals surface area (Å²) in [6.45, 7) is 2.57. The van der Waals surface area contributed by atoms with E-state index in [9.17, 15) is 4.79 Å². The molecule has 1 aromatic heterocycles. The summed E-state index contributed by atoms with van der Waals surface area (Å²) in [7, 11) is 0. The highest BCUT2D eigenvalue weighted by Gasteiger charge is 2.03. The van der Waals surface area contributed by atoms with Crippen LogP contribution >= 0.6 is 0 Å². The molecular formula is C24H37NO2. The van der Waals surface area contributed by atoms with Crippen LogP contribution in [-0.2, 0) is 16.1 Å². The number of carbonyl (C=O) groups excluding carboxylic acids is 1. The number of allylic oxidation sites excluding steroid dienone is 1. The molecule has 0 atom stereocenters. The van der Waals surface area contributed by atoms with Crippen molar-refractivity contribution < 1.29 is 9.53 Å². The lowest BCUT2D eigenvalue weighted by Crippen LogP contribution is -2.04. The Balaban J connectivity index is 1.85. The minimum atomic E-state index is -0.106. The highest BCUT2D eigenvalue weighted by atomic mass is 16.5. The van der Waals surface area contributed by atoms with Gasteiger partial charge in [-0.1, -0.05) is 57.9 Å². The van der Waals surface area contributed by atoms with E-state index in [1.807, 2.05) is 12.1 Å². The maximum Gasteiger partial charge on any atom is 0.306 e.